The summed E-state index contributed by atoms with van der Waals surface area (Å²) in [6.07, 6.45) is 4.32. The van der Waals surface area contributed by atoms with Gasteiger partial charge >= 0.3 is 6.01 Å². The maximum atomic E-state index is 14.7. The standard InChI is InChI=1S/C25H28ClFN8O2/c1-6-20(34(3)4)30-22-14(2)9-15(10-28-22)12-35-13-17-23(31-25(36)32-24(17)33-35)29-11-16-18(26)7-8-19(37-5)21(16)27/h7-10,13H,6,11-12H2,1-5H3,(H2,29,31,32,33,36)/b30-20-. The number of methoxy groups -OCH3 is 1. The Morgan fingerprint density at radius 1 is 1.30 bits per heavy atom. The van der Waals surface area contributed by atoms with Crippen LogP contribution in [0, 0.1) is 12.7 Å². The van der Waals surface area contributed by atoms with E-state index in [0.717, 1.165) is 23.4 Å². The first-order valence-corrected chi connectivity index (χ1v) is 12.0. The zero-order chi connectivity index (χ0) is 26.7. The number of amidine groups is 1. The van der Waals surface area contributed by atoms with Gasteiger partial charge in [0.2, 0.25) is 0 Å². The first-order chi connectivity index (χ1) is 17.7. The van der Waals surface area contributed by atoms with Crippen LogP contribution in [0.25, 0.3) is 11.0 Å². The molecule has 1 aromatic carbocycles. The van der Waals surface area contributed by atoms with Crippen molar-refractivity contribution in [3.63, 3.8) is 0 Å². The summed E-state index contributed by atoms with van der Waals surface area (Å²) in [5.41, 5.74) is 2.37. The van der Waals surface area contributed by atoms with Crippen molar-refractivity contribution in [3.8, 4) is 11.8 Å². The van der Waals surface area contributed by atoms with E-state index in [1.807, 2.05) is 32.0 Å². The normalized spacial score (nSPS) is 11.7. The Kier molecular flexibility index (Phi) is 7.72. The van der Waals surface area contributed by atoms with Crippen LogP contribution in [0.15, 0.2) is 35.6 Å². The Balaban J connectivity index is 1.59. The smallest absolute Gasteiger partial charge is 0.318 e. The van der Waals surface area contributed by atoms with Gasteiger partial charge in [-0.2, -0.15) is 15.1 Å². The minimum absolute atomic E-state index is 0.0103. The predicted molar refractivity (Wildman–Crippen MR) is 141 cm³/mol. The van der Waals surface area contributed by atoms with Gasteiger partial charge in [0.1, 0.15) is 11.7 Å². The Morgan fingerprint density at radius 2 is 2.08 bits per heavy atom. The van der Waals surface area contributed by atoms with Crippen LogP contribution in [-0.4, -0.2) is 61.8 Å². The number of fused-ring (bicyclic) bond motifs is 1. The molecule has 3 heterocycles. The van der Waals surface area contributed by atoms with Gasteiger partial charge in [-0.15, -0.1) is 0 Å². The number of aliphatic imine (C=N–C) groups is 1. The fraction of sp³-hybridized carbons (Fsp3) is 0.320. The van der Waals surface area contributed by atoms with Crippen LogP contribution >= 0.6 is 11.6 Å². The van der Waals surface area contributed by atoms with Gasteiger partial charge in [-0.3, -0.25) is 4.68 Å². The number of hydrogen-bond donors (Lipinski definition) is 2. The molecule has 4 aromatic rings. The number of rotatable bonds is 8. The van der Waals surface area contributed by atoms with E-state index in [1.54, 1.807) is 23.1 Å². The molecule has 0 bridgehead atoms. The summed E-state index contributed by atoms with van der Waals surface area (Å²) in [5, 5.41) is 18.3. The molecule has 0 atom stereocenters. The van der Waals surface area contributed by atoms with Gasteiger partial charge in [-0.25, -0.2) is 14.4 Å². The minimum atomic E-state index is -0.569. The summed E-state index contributed by atoms with van der Waals surface area (Å²) < 4.78 is 21.4. The molecule has 0 radical (unpaired) electrons. The van der Waals surface area contributed by atoms with Gasteiger partial charge in [0.25, 0.3) is 0 Å². The summed E-state index contributed by atoms with van der Waals surface area (Å²) in [5.74, 6) is 1.42. The molecule has 3 aromatic heterocycles. The molecule has 4 rings (SSSR count). The van der Waals surface area contributed by atoms with Crippen LogP contribution in [0.3, 0.4) is 0 Å². The van der Waals surface area contributed by atoms with Crippen molar-refractivity contribution in [2.75, 3.05) is 26.5 Å². The molecule has 0 saturated heterocycles. The lowest BCUT2D eigenvalue weighted by Crippen LogP contribution is -2.20. The van der Waals surface area contributed by atoms with E-state index >= 15 is 0 Å². The highest BCUT2D eigenvalue weighted by Gasteiger charge is 2.16. The molecule has 0 unspecified atom stereocenters. The molecular weight excluding hydrogens is 499 g/mol. The van der Waals surface area contributed by atoms with Crippen molar-refractivity contribution in [3.05, 3.63) is 58.1 Å². The maximum absolute atomic E-state index is 14.7. The summed E-state index contributed by atoms with van der Waals surface area (Å²) >= 11 is 6.19. The number of aryl methyl sites for hydroxylation is 1. The summed E-state index contributed by atoms with van der Waals surface area (Å²) in [6.45, 7) is 4.44. The van der Waals surface area contributed by atoms with Crippen molar-refractivity contribution in [1.29, 1.82) is 0 Å². The highest BCUT2D eigenvalue weighted by Crippen LogP contribution is 2.29. The summed E-state index contributed by atoms with van der Waals surface area (Å²) in [6, 6.07) is 4.57. The third-order valence-electron chi connectivity index (χ3n) is 5.74. The quantitative estimate of drug-likeness (QED) is 0.251. The Morgan fingerprint density at radius 3 is 2.76 bits per heavy atom. The van der Waals surface area contributed by atoms with Crippen molar-refractivity contribution in [2.45, 2.75) is 33.4 Å². The fourth-order valence-corrected chi connectivity index (χ4v) is 4.07. The van der Waals surface area contributed by atoms with E-state index in [1.165, 1.54) is 13.2 Å². The van der Waals surface area contributed by atoms with Crippen LogP contribution in [0.2, 0.25) is 5.02 Å². The number of anilines is 1. The van der Waals surface area contributed by atoms with Crippen molar-refractivity contribution in [2.24, 2.45) is 4.99 Å². The lowest BCUT2D eigenvalue weighted by Gasteiger charge is -2.14. The highest BCUT2D eigenvalue weighted by atomic mass is 35.5. The predicted octanol–water partition coefficient (Wildman–Crippen LogP) is 4.70. The first kappa shape index (κ1) is 26.1. The number of nitrogens with one attached hydrogen (secondary N) is 1. The second-order valence-corrected chi connectivity index (χ2v) is 9.00. The number of aromatic nitrogens is 5. The van der Waals surface area contributed by atoms with Crippen molar-refractivity contribution in [1.82, 2.24) is 29.6 Å². The SMILES string of the molecule is CC/C(=N/c1ncc(Cn2cc3c(NCc4c(Cl)ccc(OC)c4F)nc(O)nc3n2)cc1C)N(C)C. The lowest BCUT2D eigenvalue weighted by molar-refractivity contribution is 0.384. The molecule has 10 nitrogen and oxygen atoms in total. The molecule has 194 valence electrons. The molecule has 12 heteroatoms. The van der Waals surface area contributed by atoms with Gasteiger partial charge in [0.05, 0.1) is 19.0 Å². The highest BCUT2D eigenvalue weighted by molar-refractivity contribution is 6.31. The number of hydrogen-bond acceptors (Lipinski definition) is 8. The molecule has 0 aliphatic carbocycles. The lowest BCUT2D eigenvalue weighted by atomic mass is 10.2. The number of pyridine rings is 1. The summed E-state index contributed by atoms with van der Waals surface area (Å²) in [4.78, 5) is 19.3. The Hall–Kier alpha value is -3.99. The van der Waals surface area contributed by atoms with Gasteiger partial charge in [-0.1, -0.05) is 18.5 Å². The molecule has 0 aliphatic heterocycles. The van der Waals surface area contributed by atoms with Crippen molar-refractivity contribution < 1.29 is 14.2 Å². The van der Waals surface area contributed by atoms with Crippen LogP contribution in [0.4, 0.5) is 16.0 Å². The van der Waals surface area contributed by atoms with E-state index < -0.39 is 11.8 Å². The van der Waals surface area contributed by atoms with Gasteiger partial charge in [0, 0.05) is 50.0 Å². The number of benzene rings is 1. The van der Waals surface area contributed by atoms with E-state index in [9.17, 15) is 9.50 Å². The van der Waals surface area contributed by atoms with Gasteiger partial charge in [-0.05, 0) is 36.2 Å². The van der Waals surface area contributed by atoms with Crippen LogP contribution < -0.4 is 10.1 Å². The van der Waals surface area contributed by atoms with E-state index in [0.29, 0.717) is 23.6 Å². The molecule has 2 N–H and O–H groups in total. The molecule has 0 aliphatic rings. The largest absolute Gasteiger partial charge is 0.494 e. The van der Waals surface area contributed by atoms with E-state index in [-0.39, 0.29) is 28.5 Å². The number of nitrogens with zero attached hydrogens (tertiary/aromatic N) is 7. The monoisotopic (exact) mass is 526 g/mol. The third kappa shape index (κ3) is 5.72. The topological polar surface area (TPSA) is 114 Å². The molecule has 0 saturated carbocycles. The fourth-order valence-electron chi connectivity index (χ4n) is 3.86. The van der Waals surface area contributed by atoms with Gasteiger partial charge < -0.3 is 20.1 Å². The van der Waals surface area contributed by atoms with Gasteiger partial charge in [0.15, 0.2) is 23.0 Å². The van der Waals surface area contributed by atoms with E-state index in [4.69, 9.17) is 16.3 Å². The Bertz CT molecular complexity index is 1470. The Labute approximate surface area is 218 Å². The third-order valence-corrected chi connectivity index (χ3v) is 6.09. The van der Waals surface area contributed by atoms with Crippen LogP contribution in [0.1, 0.15) is 30.0 Å². The zero-order valence-corrected chi connectivity index (χ0v) is 22.0. The summed E-state index contributed by atoms with van der Waals surface area (Å²) in [7, 11) is 5.30. The second-order valence-electron chi connectivity index (χ2n) is 8.59. The van der Waals surface area contributed by atoms with Crippen molar-refractivity contribution >= 4 is 40.1 Å². The molecule has 0 fully saturated rings. The molecule has 0 spiro atoms. The van der Waals surface area contributed by atoms with Crippen LogP contribution in [0.5, 0.6) is 11.8 Å². The average Bonchev–Trinajstić information content (AvgIpc) is 3.25. The first-order valence-electron chi connectivity index (χ1n) is 11.6. The number of ether oxygens (including phenoxy) is 1. The maximum Gasteiger partial charge on any atom is 0.318 e. The molecule has 0 amide bonds. The van der Waals surface area contributed by atoms with E-state index in [2.05, 4.69) is 37.3 Å². The zero-order valence-electron chi connectivity index (χ0n) is 21.2. The van der Waals surface area contributed by atoms with Crippen LogP contribution in [-0.2, 0) is 13.1 Å². The number of aromatic hydroxyl groups is 1. The number of halogens is 2. The minimum Gasteiger partial charge on any atom is -0.494 e. The molecular formula is C25H28ClFN8O2. The average molecular weight is 527 g/mol. The molecule has 37 heavy (non-hydrogen) atoms. The second kappa shape index (κ2) is 11.0.